The highest BCUT2D eigenvalue weighted by atomic mass is 16.7. The zero-order valence-electron chi connectivity index (χ0n) is 24.9. The Labute approximate surface area is 255 Å². The van der Waals surface area contributed by atoms with Gasteiger partial charge in [0.2, 0.25) is 5.91 Å². The van der Waals surface area contributed by atoms with E-state index in [1.807, 2.05) is 30.3 Å². The third kappa shape index (κ3) is 11.0. The molecule has 1 saturated heterocycles. The van der Waals surface area contributed by atoms with Gasteiger partial charge in [-0.25, -0.2) is 4.79 Å². The van der Waals surface area contributed by atoms with Crippen molar-refractivity contribution < 1.29 is 52.5 Å². The highest BCUT2D eigenvalue weighted by Gasteiger charge is 2.52. The Bertz CT molecular complexity index is 1300. The lowest BCUT2D eigenvalue weighted by molar-refractivity contribution is -0.277. The molecule has 1 heterocycles. The van der Waals surface area contributed by atoms with Crippen LogP contribution in [-0.4, -0.2) is 72.6 Å². The van der Waals surface area contributed by atoms with Gasteiger partial charge in [0.05, 0.1) is 25.0 Å². The molecular weight excluding hydrogens is 574 g/mol. The summed E-state index contributed by atoms with van der Waals surface area (Å²) in [6.07, 6.45) is -5.81. The van der Waals surface area contributed by atoms with Gasteiger partial charge < -0.3 is 38.6 Å². The minimum atomic E-state index is -1.39. The number of nitrogens with one attached hydrogen (secondary N) is 1. The fourth-order valence-electron chi connectivity index (χ4n) is 4.38. The summed E-state index contributed by atoms with van der Waals surface area (Å²) in [5, 5.41) is 2.69. The summed E-state index contributed by atoms with van der Waals surface area (Å²) in [4.78, 5) is 73.8. The number of hydrogen-bond acceptors (Lipinski definition) is 11. The first kappa shape index (κ1) is 34.1. The molecule has 44 heavy (non-hydrogen) atoms. The lowest BCUT2D eigenvalue weighted by Gasteiger charge is -2.45. The Morgan fingerprint density at radius 2 is 1.32 bits per heavy atom. The van der Waals surface area contributed by atoms with Crippen molar-refractivity contribution in [2.24, 2.45) is 0 Å². The monoisotopic (exact) mass is 611 g/mol. The molecular formula is C32H37NO11. The van der Waals surface area contributed by atoms with Gasteiger partial charge >= 0.3 is 17.9 Å². The van der Waals surface area contributed by atoms with Crippen molar-refractivity contribution in [1.29, 1.82) is 0 Å². The van der Waals surface area contributed by atoms with E-state index in [4.69, 9.17) is 23.7 Å². The van der Waals surface area contributed by atoms with E-state index in [0.717, 1.165) is 5.56 Å². The second-order valence-corrected chi connectivity index (χ2v) is 10.3. The first-order valence-corrected chi connectivity index (χ1v) is 14.2. The minimum Gasteiger partial charge on any atom is -0.463 e. The number of rotatable bonds is 15. The average molecular weight is 612 g/mol. The Morgan fingerprint density at radius 3 is 1.91 bits per heavy atom. The molecule has 1 fully saturated rings. The topological polar surface area (TPSA) is 161 Å². The maximum atomic E-state index is 13.3. The van der Waals surface area contributed by atoms with Gasteiger partial charge in [-0.1, -0.05) is 48.5 Å². The van der Waals surface area contributed by atoms with Crippen molar-refractivity contribution in [3.63, 3.8) is 0 Å². The Kier molecular flexibility index (Phi) is 13.2. The molecule has 0 spiro atoms. The number of ether oxygens (including phenoxy) is 5. The van der Waals surface area contributed by atoms with Gasteiger partial charge in [-0.2, -0.15) is 0 Å². The van der Waals surface area contributed by atoms with Gasteiger partial charge in [0, 0.05) is 19.8 Å². The quantitative estimate of drug-likeness (QED) is 0.233. The van der Waals surface area contributed by atoms with Crippen LogP contribution in [0.5, 0.6) is 0 Å². The van der Waals surface area contributed by atoms with Crippen molar-refractivity contribution in [3.8, 4) is 0 Å². The van der Waals surface area contributed by atoms with Gasteiger partial charge in [0.25, 0.3) is 0 Å². The molecule has 1 amide bonds. The lowest BCUT2D eigenvalue weighted by atomic mass is 9.95. The summed E-state index contributed by atoms with van der Waals surface area (Å²) in [6, 6.07) is 16.0. The van der Waals surface area contributed by atoms with Crippen molar-refractivity contribution in [2.45, 2.75) is 83.7 Å². The molecule has 0 bridgehead atoms. The summed E-state index contributed by atoms with van der Waals surface area (Å²) in [5.41, 5.74) is 0.969. The van der Waals surface area contributed by atoms with Crippen LogP contribution >= 0.6 is 0 Å². The molecule has 0 aliphatic carbocycles. The van der Waals surface area contributed by atoms with Crippen LogP contribution in [0.25, 0.3) is 0 Å². The van der Waals surface area contributed by atoms with Gasteiger partial charge in [-0.3, -0.25) is 14.4 Å². The van der Waals surface area contributed by atoms with Crippen molar-refractivity contribution in [1.82, 2.24) is 5.32 Å². The Morgan fingerprint density at radius 1 is 0.727 bits per heavy atom. The van der Waals surface area contributed by atoms with E-state index in [1.165, 1.54) is 32.9 Å². The molecule has 0 aromatic heterocycles. The minimum absolute atomic E-state index is 0.0292. The largest absolute Gasteiger partial charge is 0.463 e. The molecule has 1 aliphatic heterocycles. The van der Waals surface area contributed by atoms with Gasteiger partial charge in [-0.15, -0.1) is 0 Å². The van der Waals surface area contributed by atoms with E-state index in [0.29, 0.717) is 0 Å². The van der Waals surface area contributed by atoms with Gasteiger partial charge in [0.15, 0.2) is 18.5 Å². The molecule has 0 saturated carbocycles. The number of ketones is 2. The van der Waals surface area contributed by atoms with Crippen LogP contribution in [0.3, 0.4) is 0 Å². The van der Waals surface area contributed by atoms with Crippen LogP contribution in [0.4, 0.5) is 0 Å². The highest BCUT2D eigenvalue weighted by molar-refractivity contribution is 5.89. The third-order valence-electron chi connectivity index (χ3n) is 6.56. The van der Waals surface area contributed by atoms with E-state index < -0.39 is 61.1 Å². The van der Waals surface area contributed by atoms with Crippen LogP contribution in [0, 0.1) is 0 Å². The third-order valence-corrected chi connectivity index (χ3v) is 6.56. The second-order valence-electron chi connectivity index (χ2n) is 10.3. The number of esters is 3. The lowest BCUT2D eigenvalue weighted by Crippen LogP contribution is -2.66. The molecule has 2 aromatic rings. The van der Waals surface area contributed by atoms with E-state index in [2.05, 4.69) is 5.32 Å². The van der Waals surface area contributed by atoms with E-state index in [1.54, 1.807) is 18.2 Å². The number of benzene rings is 2. The van der Waals surface area contributed by atoms with E-state index >= 15 is 0 Å². The molecule has 236 valence electrons. The molecule has 3 rings (SSSR count). The van der Waals surface area contributed by atoms with Crippen LogP contribution < -0.4 is 5.32 Å². The molecule has 12 heteroatoms. The zero-order valence-corrected chi connectivity index (χ0v) is 24.9. The van der Waals surface area contributed by atoms with Crippen LogP contribution in [0.2, 0.25) is 0 Å². The summed E-state index contributed by atoms with van der Waals surface area (Å²) < 4.78 is 29.1. The molecule has 12 nitrogen and oxygen atoms in total. The molecule has 1 aliphatic rings. The molecule has 5 atom stereocenters. The zero-order chi connectivity index (χ0) is 32.1. The van der Waals surface area contributed by atoms with Crippen LogP contribution in [0.15, 0.2) is 60.7 Å². The first-order chi connectivity index (χ1) is 21.0. The maximum absolute atomic E-state index is 13.3. The number of carbonyl (C=O) groups excluding carboxylic acids is 6. The first-order valence-electron chi connectivity index (χ1n) is 14.2. The standard InChI is InChI=1S/C32H37NO11/c1-20(34)14-16-26(37)40-19-25-29(43-27(38)17-15-21(2)35)30(44-31(39)24-12-8-5-9-13-24)28(33-22(3)36)32(42-25)41-18-23-10-6-4-7-11-23/h4-13,25,28-30,32H,14-19H2,1-3H3,(H,33,36)/t25-,28-,29-,30+,32-/m1/s1. The summed E-state index contributed by atoms with van der Waals surface area (Å²) in [6.45, 7) is 3.50. The number of hydrogen-bond donors (Lipinski definition) is 1. The predicted octanol–water partition coefficient (Wildman–Crippen LogP) is 2.85. The summed E-state index contributed by atoms with van der Waals surface area (Å²) in [5.74, 6) is -3.23. The molecule has 0 radical (unpaired) electrons. The second kappa shape index (κ2) is 17.0. The fourth-order valence-corrected chi connectivity index (χ4v) is 4.38. The van der Waals surface area contributed by atoms with Crippen molar-refractivity contribution in [2.75, 3.05) is 6.61 Å². The number of Topliss-reactive ketones (excluding diaryl/α,β-unsaturated/α-hetero) is 2. The predicted molar refractivity (Wildman–Crippen MR) is 154 cm³/mol. The van der Waals surface area contributed by atoms with Crippen LogP contribution in [0.1, 0.15) is 62.4 Å². The normalized spacial score (nSPS) is 21.0. The smallest absolute Gasteiger partial charge is 0.338 e. The van der Waals surface area contributed by atoms with Crippen LogP contribution in [-0.2, 0) is 54.3 Å². The van der Waals surface area contributed by atoms with Gasteiger partial charge in [-0.05, 0) is 31.5 Å². The summed E-state index contributed by atoms with van der Waals surface area (Å²) >= 11 is 0. The Hall–Kier alpha value is -4.42. The van der Waals surface area contributed by atoms with Crippen molar-refractivity contribution >= 4 is 35.4 Å². The maximum Gasteiger partial charge on any atom is 0.338 e. The summed E-state index contributed by atoms with van der Waals surface area (Å²) in [7, 11) is 0. The SMILES string of the molecule is CC(=O)CCC(=O)OC[C@H]1O[C@@H](OCc2ccccc2)[C@H](NC(C)=O)[C@H](OC(=O)c2ccccc2)[C@@H]1OC(=O)CCC(C)=O. The molecule has 0 unspecified atom stereocenters. The van der Waals surface area contributed by atoms with E-state index in [9.17, 15) is 28.8 Å². The molecule has 2 aromatic carbocycles. The molecule has 1 N–H and O–H groups in total. The number of amides is 1. The number of carbonyl (C=O) groups is 6. The highest BCUT2D eigenvalue weighted by Crippen LogP contribution is 2.29. The van der Waals surface area contributed by atoms with Gasteiger partial charge in [0.1, 0.15) is 30.3 Å². The van der Waals surface area contributed by atoms with E-state index in [-0.39, 0.29) is 49.4 Å². The fraction of sp³-hybridized carbons (Fsp3) is 0.438. The van der Waals surface area contributed by atoms with Crippen molar-refractivity contribution in [3.05, 3.63) is 71.8 Å². The Balaban J connectivity index is 1.97. The average Bonchev–Trinajstić information content (AvgIpc) is 3.00.